The lowest BCUT2D eigenvalue weighted by Gasteiger charge is -2.16. The Kier molecular flexibility index (Phi) is 2.40. The van der Waals surface area contributed by atoms with Crippen molar-refractivity contribution in [3.63, 3.8) is 0 Å². The average molecular weight is 226 g/mol. The van der Waals surface area contributed by atoms with E-state index in [0.29, 0.717) is 5.69 Å². The molecule has 3 nitrogen and oxygen atoms in total. The smallest absolute Gasteiger partial charge is 0.263 e. The standard InChI is InChI=1S/C11H12F2N2O/c1-7-9(11(7,12)13)10(16)15(2)8-4-3-5-14-6-8/h3-7,9H,1-2H3/t7-,9+/m0/s1. The van der Waals surface area contributed by atoms with Gasteiger partial charge in [-0.3, -0.25) is 9.78 Å². The lowest BCUT2D eigenvalue weighted by atomic mass is 10.3. The van der Waals surface area contributed by atoms with E-state index in [4.69, 9.17) is 0 Å². The van der Waals surface area contributed by atoms with Crippen molar-refractivity contribution in [3.05, 3.63) is 24.5 Å². The summed E-state index contributed by atoms with van der Waals surface area (Å²) in [6.07, 6.45) is 3.04. The number of rotatable bonds is 2. The highest BCUT2D eigenvalue weighted by Gasteiger charge is 2.69. The largest absolute Gasteiger partial charge is 0.314 e. The molecule has 2 rings (SSSR count). The van der Waals surface area contributed by atoms with Crippen LogP contribution in [0.1, 0.15) is 6.92 Å². The van der Waals surface area contributed by atoms with Gasteiger partial charge in [0.25, 0.3) is 5.92 Å². The molecule has 0 unspecified atom stereocenters. The van der Waals surface area contributed by atoms with Crippen molar-refractivity contribution in [2.45, 2.75) is 12.8 Å². The number of hydrogen-bond acceptors (Lipinski definition) is 2. The van der Waals surface area contributed by atoms with Gasteiger partial charge in [-0.25, -0.2) is 8.78 Å². The Labute approximate surface area is 92.1 Å². The Bertz CT molecular complexity index is 408. The zero-order valence-electron chi connectivity index (χ0n) is 9.02. The van der Waals surface area contributed by atoms with Crippen molar-refractivity contribution in [1.29, 1.82) is 0 Å². The van der Waals surface area contributed by atoms with Crippen molar-refractivity contribution in [1.82, 2.24) is 4.98 Å². The van der Waals surface area contributed by atoms with E-state index in [-0.39, 0.29) is 0 Å². The molecule has 1 heterocycles. The first-order valence-corrected chi connectivity index (χ1v) is 5.01. The first-order chi connectivity index (χ1) is 7.46. The fraction of sp³-hybridized carbons (Fsp3) is 0.455. The van der Waals surface area contributed by atoms with Gasteiger partial charge in [0.05, 0.1) is 11.9 Å². The highest BCUT2D eigenvalue weighted by molar-refractivity contribution is 5.97. The summed E-state index contributed by atoms with van der Waals surface area (Å²) in [5, 5.41) is 0. The minimum Gasteiger partial charge on any atom is -0.314 e. The van der Waals surface area contributed by atoms with Crippen LogP contribution in [0, 0.1) is 11.8 Å². The molecule has 0 saturated heterocycles. The van der Waals surface area contributed by atoms with Crippen LogP contribution in [0.15, 0.2) is 24.5 Å². The van der Waals surface area contributed by atoms with Crippen molar-refractivity contribution in [2.24, 2.45) is 11.8 Å². The van der Waals surface area contributed by atoms with Gasteiger partial charge in [-0.05, 0) is 12.1 Å². The molecule has 1 amide bonds. The number of anilines is 1. The lowest BCUT2D eigenvalue weighted by molar-refractivity contribution is -0.121. The number of carbonyl (C=O) groups is 1. The van der Waals surface area contributed by atoms with Crippen LogP contribution in [0.4, 0.5) is 14.5 Å². The molecule has 1 fully saturated rings. The number of hydrogen-bond donors (Lipinski definition) is 0. The molecule has 1 saturated carbocycles. The van der Waals surface area contributed by atoms with Crippen LogP contribution in [-0.2, 0) is 4.79 Å². The zero-order valence-corrected chi connectivity index (χ0v) is 9.02. The van der Waals surface area contributed by atoms with Crippen LogP contribution in [0.3, 0.4) is 0 Å². The molecule has 0 N–H and O–H groups in total. The summed E-state index contributed by atoms with van der Waals surface area (Å²) in [5.74, 6) is -5.45. The topological polar surface area (TPSA) is 33.2 Å². The fourth-order valence-electron chi connectivity index (χ4n) is 1.75. The van der Waals surface area contributed by atoms with Crippen molar-refractivity contribution < 1.29 is 13.6 Å². The molecule has 1 aliphatic carbocycles. The molecule has 0 bridgehead atoms. The zero-order chi connectivity index (χ0) is 11.9. The monoisotopic (exact) mass is 226 g/mol. The number of pyridine rings is 1. The molecule has 86 valence electrons. The highest BCUT2D eigenvalue weighted by Crippen LogP contribution is 2.55. The molecular weight excluding hydrogens is 214 g/mol. The number of alkyl halides is 2. The Hall–Kier alpha value is -1.52. The number of amides is 1. The predicted molar refractivity (Wildman–Crippen MR) is 55.2 cm³/mol. The number of carbonyl (C=O) groups excluding carboxylic acids is 1. The van der Waals surface area contributed by atoms with Gasteiger partial charge in [0.2, 0.25) is 5.91 Å². The van der Waals surface area contributed by atoms with E-state index >= 15 is 0 Å². The van der Waals surface area contributed by atoms with Crippen LogP contribution in [0.2, 0.25) is 0 Å². The highest BCUT2D eigenvalue weighted by atomic mass is 19.3. The molecule has 2 atom stereocenters. The molecule has 16 heavy (non-hydrogen) atoms. The Morgan fingerprint density at radius 2 is 2.19 bits per heavy atom. The second-order valence-corrected chi connectivity index (χ2v) is 4.05. The van der Waals surface area contributed by atoms with Gasteiger partial charge in [-0.1, -0.05) is 6.92 Å². The maximum Gasteiger partial charge on any atom is 0.263 e. The second-order valence-electron chi connectivity index (χ2n) is 4.05. The molecule has 0 spiro atoms. The molecule has 0 aliphatic heterocycles. The van der Waals surface area contributed by atoms with E-state index in [1.807, 2.05) is 0 Å². The third-order valence-corrected chi connectivity index (χ3v) is 3.04. The van der Waals surface area contributed by atoms with E-state index < -0.39 is 23.7 Å². The minimum absolute atomic E-state index is 0.530. The number of aromatic nitrogens is 1. The summed E-state index contributed by atoms with van der Waals surface area (Å²) < 4.78 is 26.1. The first-order valence-electron chi connectivity index (χ1n) is 5.01. The van der Waals surface area contributed by atoms with Gasteiger partial charge in [0.1, 0.15) is 5.92 Å². The molecular formula is C11H12F2N2O. The van der Waals surface area contributed by atoms with Gasteiger partial charge < -0.3 is 4.90 Å². The number of nitrogens with zero attached hydrogens (tertiary/aromatic N) is 2. The minimum atomic E-state index is -2.85. The van der Waals surface area contributed by atoms with E-state index in [2.05, 4.69) is 4.98 Å². The molecule has 0 aromatic carbocycles. The van der Waals surface area contributed by atoms with E-state index in [9.17, 15) is 13.6 Å². The van der Waals surface area contributed by atoms with Crippen LogP contribution in [0.5, 0.6) is 0 Å². The Morgan fingerprint density at radius 1 is 1.56 bits per heavy atom. The summed E-state index contributed by atoms with van der Waals surface area (Å²) in [5.41, 5.74) is 0.530. The summed E-state index contributed by atoms with van der Waals surface area (Å²) >= 11 is 0. The molecule has 1 aromatic heterocycles. The molecule has 1 aromatic rings. The third kappa shape index (κ3) is 1.56. The Morgan fingerprint density at radius 3 is 2.62 bits per heavy atom. The van der Waals surface area contributed by atoms with Gasteiger partial charge in [0, 0.05) is 19.2 Å². The van der Waals surface area contributed by atoms with Gasteiger partial charge >= 0.3 is 0 Å². The predicted octanol–water partition coefficient (Wildman–Crippen LogP) is 1.95. The second kappa shape index (κ2) is 3.50. The normalized spacial score (nSPS) is 26.2. The van der Waals surface area contributed by atoms with Crippen molar-refractivity contribution in [3.8, 4) is 0 Å². The van der Waals surface area contributed by atoms with E-state index in [1.165, 1.54) is 25.1 Å². The fourth-order valence-corrected chi connectivity index (χ4v) is 1.75. The number of halogens is 2. The molecule has 0 radical (unpaired) electrons. The van der Waals surface area contributed by atoms with Gasteiger partial charge in [-0.2, -0.15) is 0 Å². The van der Waals surface area contributed by atoms with Crippen molar-refractivity contribution >= 4 is 11.6 Å². The lowest BCUT2D eigenvalue weighted by Crippen LogP contribution is -2.29. The SMILES string of the molecule is C[C@H]1[C@H](C(=O)N(C)c2cccnc2)C1(F)F. The summed E-state index contributed by atoms with van der Waals surface area (Å²) in [6.45, 7) is 1.39. The average Bonchev–Trinajstić information content (AvgIpc) is 2.77. The third-order valence-electron chi connectivity index (χ3n) is 3.04. The Balaban J connectivity index is 2.13. The summed E-state index contributed by atoms with van der Waals surface area (Å²) in [4.78, 5) is 16.8. The van der Waals surface area contributed by atoms with Gasteiger partial charge in [-0.15, -0.1) is 0 Å². The van der Waals surface area contributed by atoms with Crippen LogP contribution < -0.4 is 4.90 Å². The van der Waals surface area contributed by atoms with Gasteiger partial charge in [0.15, 0.2) is 0 Å². The quantitative estimate of drug-likeness (QED) is 0.772. The summed E-state index contributed by atoms with van der Waals surface area (Å²) in [6, 6.07) is 3.32. The van der Waals surface area contributed by atoms with Crippen molar-refractivity contribution in [2.75, 3.05) is 11.9 Å². The maximum atomic E-state index is 13.1. The van der Waals surface area contributed by atoms with Crippen LogP contribution in [-0.4, -0.2) is 23.9 Å². The maximum absolute atomic E-state index is 13.1. The molecule has 5 heteroatoms. The van der Waals surface area contributed by atoms with E-state index in [1.54, 1.807) is 18.3 Å². The van der Waals surface area contributed by atoms with Crippen LogP contribution >= 0.6 is 0 Å². The van der Waals surface area contributed by atoms with E-state index in [0.717, 1.165) is 0 Å². The molecule has 1 aliphatic rings. The van der Waals surface area contributed by atoms with Crippen LogP contribution in [0.25, 0.3) is 0 Å². The first kappa shape index (κ1) is 11.0. The summed E-state index contributed by atoms with van der Waals surface area (Å²) in [7, 11) is 1.49.